The van der Waals surface area contributed by atoms with Crippen molar-refractivity contribution in [1.29, 1.82) is 0 Å². The zero-order valence-electron chi connectivity index (χ0n) is 15.4. The van der Waals surface area contributed by atoms with Crippen molar-refractivity contribution in [3.63, 3.8) is 0 Å². The highest BCUT2D eigenvalue weighted by molar-refractivity contribution is 7.99. The Balaban J connectivity index is 1.57. The molecule has 7 heteroatoms. The summed E-state index contributed by atoms with van der Waals surface area (Å²) in [5, 5.41) is 10.3. The Bertz CT molecular complexity index is 914. The molecule has 0 atom stereocenters. The maximum Gasteiger partial charge on any atom is 0.234 e. The van der Waals surface area contributed by atoms with Crippen LogP contribution >= 0.6 is 11.8 Å². The van der Waals surface area contributed by atoms with Crippen molar-refractivity contribution < 1.29 is 9.18 Å². The number of aromatic amines is 1. The summed E-state index contributed by atoms with van der Waals surface area (Å²) in [7, 11) is 0. The Labute approximate surface area is 161 Å². The molecule has 27 heavy (non-hydrogen) atoms. The molecule has 1 aromatic heterocycles. The first-order valence-corrected chi connectivity index (χ1v) is 9.51. The topological polar surface area (TPSA) is 70.7 Å². The lowest BCUT2D eigenvalue weighted by Crippen LogP contribution is -2.14. The molecule has 0 saturated carbocycles. The second-order valence-corrected chi connectivity index (χ2v) is 8.08. The fourth-order valence-corrected chi connectivity index (χ4v) is 3.03. The van der Waals surface area contributed by atoms with Gasteiger partial charge < -0.3 is 5.32 Å². The lowest BCUT2D eigenvalue weighted by Gasteiger charge is -2.18. The van der Waals surface area contributed by atoms with Crippen LogP contribution in [0.15, 0.2) is 53.7 Å². The summed E-state index contributed by atoms with van der Waals surface area (Å²) in [6, 6.07) is 13.8. The minimum Gasteiger partial charge on any atom is -0.325 e. The lowest BCUT2D eigenvalue weighted by molar-refractivity contribution is -0.113. The minimum atomic E-state index is -0.342. The Morgan fingerprint density at radius 1 is 1.11 bits per heavy atom. The number of benzene rings is 2. The van der Waals surface area contributed by atoms with Gasteiger partial charge in [-0.2, -0.15) is 0 Å². The zero-order valence-corrected chi connectivity index (χ0v) is 16.2. The fourth-order valence-electron chi connectivity index (χ4n) is 2.43. The van der Waals surface area contributed by atoms with Crippen LogP contribution in [-0.2, 0) is 10.2 Å². The first kappa shape index (κ1) is 19.1. The average Bonchev–Trinajstić information content (AvgIpc) is 3.10. The molecule has 0 aliphatic heterocycles. The van der Waals surface area contributed by atoms with E-state index in [2.05, 4.69) is 53.4 Å². The highest BCUT2D eigenvalue weighted by atomic mass is 32.2. The van der Waals surface area contributed by atoms with Crippen LogP contribution in [0.5, 0.6) is 0 Å². The molecule has 0 aliphatic carbocycles. The van der Waals surface area contributed by atoms with Crippen LogP contribution in [0.3, 0.4) is 0 Å². The molecule has 0 saturated heterocycles. The van der Waals surface area contributed by atoms with Gasteiger partial charge in [0.15, 0.2) is 5.82 Å². The molecule has 0 aliphatic rings. The van der Waals surface area contributed by atoms with Crippen LogP contribution < -0.4 is 5.32 Å². The number of anilines is 1. The van der Waals surface area contributed by atoms with Crippen LogP contribution in [0.25, 0.3) is 11.4 Å². The van der Waals surface area contributed by atoms with E-state index in [1.807, 2.05) is 12.1 Å². The van der Waals surface area contributed by atoms with Gasteiger partial charge >= 0.3 is 0 Å². The highest BCUT2D eigenvalue weighted by Crippen LogP contribution is 2.25. The molecule has 0 spiro atoms. The molecule has 2 aromatic carbocycles. The SMILES string of the molecule is CC(C)(C)c1ccc(-c2nc(SCC(=O)Nc3ccc(F)cc3)n[nH]2)cc1. The molecule has 1 heterocycles. The molecule has 3 rings (SSSR count). The third-order valence-corrected chi connectivity index (χ3v) is 4.80. The van der Waals surface area contributed by atoms with Gasteiger partial charge in [0, 0.05) is 11.3 Å². The Kier molecular flexibility index (Phi) is 5.60. The molecule has 0 radical (unpaired) electrons. The van der Waals surface area contributed by atoms with Crippen LogP contribution in [0, 0.1) is 5.82 Å². The monoisotopic (exact) mass is 384 g/mol. The Morgan fingerprint density at radius 2 is 1.78 bits per heavy atom. The van der Waals surface area contributed by atoms with E-state index in [0.717, 1.165) is 5.56 Å². The Hall–Kier alpha value is -2.67. The molecule has 1 amide bonds. The zero-order chi connectivity index (χ0) is 19.4. The lowest BCUT2D eigenvalue weighted by atomic mass is 9.87. The number of rotatable bonds is 5. The minimum absolute atomic E-state index is 0.0961. The molecular formula is C20H21FN4OS. The van der Waals surface area contributed by atoms with Gasteiger partial charge in [-0.05, 0) is 35.2 Å². The summed E-state index contributed by atoms with van der Waals surface area (Å²) in [5.74, 6) is 0.285. The van der Waals surface area contributed by atoms with Crippen molar-refractivity contribution in [1.82, 2.24) is 15.2 Å². The first-order valence-electron chi connectivity index (χ1n) is 8.53. The van der Waals surface area contributed by atoms with E-state index in [-0.39, 0.29) is 22.9 Å². The van der Waals surface area contributed by atoms with Gasteiger partial charge in [-0.3, -0.25) is 9.89 Å². The van der Waals surface area contributed by atoms with Crippen molar-refractivity contribution in [3.05, 3.63) is 59.9 Å². The molecule has 2 N–H and O–H groups in total. The van der Waals surface area contributed by atoms with E-state index in [1.54, 1.807) is 0 Å². The summed E-state index contributed by atoms with van der Waals surface area (Å²) in [6.07, 6.45) is 0. The van der Waals surface area contributed by atoms with Gasteiger partial charge in [0.25, 0.3) is 0 Å². The second-order valence-electron chi connectivity index (χ2n) is 7.14. The number of amides is 1. The number of nitrogens with zero attached hydrogens (tertiary/aromatic N) is 2. The van der Waals surface area contributed by atoms with Crippen molar-refractivity contribution in [3.8, 4) is 11.4 Å². The standard InChI is InChI=1S/C20H21FN4OS/c1-20(2,3)14-6-4-13(5-7-14)18-23-19(25-24-18)27-12-17(26)22-16-10-8-15(21)9-11-16/h4-11H,12H2,1-3H3,(H,22,26)(H,23,24,25). The van der Waals surface area contributed by atoms with E-state index in [4.69, 9.17) is 0 Å². The quantitative estimate of drug-likeness (QED) is 0.629. The number of thioether (sulfide) groups is 1. The summed E-state index contributed by atoms with van der Waals surface area (Å²) >= 11 is 1.23. The summed E-state index contributed by atoms with van der Waals surface area (Å²) in [6.45, 7) is 6.51. The van der Waals surface area contributed by atoms with Crippen LogP contribution in [0.4, 0.5) is 10.1 Å². The fraction of sp³-hybridized carbons (Fsp3) is 0.250. The number of aromatic nitrogens is 3. The predicted octanol–water partition coefficient (Wildman–Crippen LogP) is 4.64. The highest BCUT2D eigenvalue weighted by Gasteiger charge is 2.14. The van der Waals surface area contributed by atoms with Crippen molar-refractivity contribution in [2.75, 3.05) is 11.1 Å². The van der Waals surface area contributed by atoms with E-state index in [9.17, 15) is 9.18 Å². The largest absolute Gasteiger partial charge is 0.325 e. The Morgan fingerprint density at radius 3 is 2.41 bits per heavy atom. The van der Waals surface area contributed by atoms with Crippen molar-refractivity contribution in [2.45, 2.75) is 31.3 Å². The average molecular weight is 384 g/mol. The maximum atomic E-state index is 12.9. The number of halogens is 1. The molecule has 0 unspecified atom stereocenters. The van der Waals surface area contributed by atoms with Crippen molar-refractivity contribution >= 4 is 23.4 Å². The number of hydrogen-bond acceptors (Lipinski definition) is 4. The van der Waals surface area contributed by atoms with Gasteiger partial charge in [0.2, 0.25) is 11.1 Å². The summed E-state index contributed by atoms with van der Waals surface area (Å²) in [4.78, 5) is 16.4. The third kappa shape index (κ3) is 5.17. The molecular weight excluding hydrogens is 363 g/mol. The van der Waals surface area contributed by atoms with E-state index in [1.165, 1.54) is 41.6 Å². The van der Waals surface area contributed by atoms with Crippen LogP contribution in [0.1, 0.15) is 26.3 Å². The number of carbonyl (C=O) groups excluding carboxylic acids is 1. The van der Waals surface area contributed by atoms with Gasteiger partial charge in [-0.15, -0.1) is 5.10 Å². The van der Waals surface area contributed by atoms with Gasteiger partial charge in [-0.1, -0.05) is 56.8 Å². The summed E-state index contributed by atoms with van der Waals surface area (Å²) in [5.41, 5.74) is 2.84. The normalized spacial score (nSPS) is 11.4. The van der Waals surface area contributed by atoms with Crippen LogP contribution in [-0.4, -0.2) is 26.8 Å². The smallest absolute Gasteiger partial charge is 0.234 e. The number of H-pyrrole nitrogens is 1. The van der Waals surface area contributed by atoms with Gasteiger partial charge in [0.05, 0.1) is 5.75 Å². The van der Waals surface area contributed by atoms with E-state index in [0.29, 0.717) is 16.7 Å². The molecule has 0 fully saturated rings. The third-order valence-electron chi connectivity index (χ3n) is 3.95. The van der Waals surface area contributed by atoms with E-state index < -0.39 is 0 Å². The molecule has 0 bridgehead atoms. The van der Waals surface area contributed by atoms with Gasteiger partial charge in [-0.25, -0.2) is 9.37 Å². The second kappa shape index (κ2) is 7.92. The number of carbonyl (C=O) groups is 1. The predicted molar refractivity (Wildman–Crippen MR) is 106 cm³/mol. The van der Waals surface area contributed by atoms with Crippen LogP contribution in [0.2, 0.25) is 0 Å². The number of hydrogen-bond donors (Lipinski definition) is 2. The molecule has 3 aromatic rings. The molecule has 140 valence electrons. The molecule has 5 nitrogen and oxygen atoms in total. The maximum absolute atomic E-state index is 12.9. The summed E-state index contributed by atoms with van der Waals surface area (Å²) < 4.78 is 12.9. The first-order chi connectivity index (χ1) is 12.8. The van der Waals surface area contributed by atoms with Gasteiger partial charge in [0.1, 0.15) is 5.82 Å². The number of nitrogens with one attached hydrogen (secondary N) is 2. The van der Waals surface area contributed by atoms with E-state index >= 15 is 0 Å². The van der Waals surface area contributed by atoms with Crippen molar-refractivity contribution in [2.24, 2.45) is 0 Å².